The number of nitrogens with one attached hydrogen (secondary N) is 3. The second-order valence-electron chi connectivity index (χ2n) is 7.82. The molecule has 1 atom stereocenters. The van der Waals surface area contributed by atoms with Gasteiger partial charge in [0.25, 0.3) is 5.56 Å². The van der Waals surface area contributed by atoms with Gasteiger partial charge in [-0.1, -0.05) is 35.9 Å². The predicted molar refractivity (Wildman–Crippen MR) is 116 cm³/mol. The molecule has 2 aromatic carbocycles. The molecule has 0 saturated carbocycles. The highest BCUT2D eigenvalue weighted by molar-refractivity contribution is 5.85. The highest BCUT2D eigenvalue weighted by Crippen LogP contribution is 2.35. The molecule has 30 heavy (non-hydrogen) atoms. The van der Waals surface area contributed by atoms with Crippen molar-refractivity contribution in [3.8, 4) is 11.6 Å². The number of H-pyrrole nitrogens is 2. The van der Waals surface area contributed by atoms with Crippen molar-refractivity contribution in [2.45, 2.75) is 26.3 Å². The fraction of sp³-hybridized carbons (Fsp3) is 0.217. The van der Waals surface area contributed by atoms with Crippen LogP contribution in [0.5, 0.6) is 5.88 Å². The summed E-state index contributed by atoms with van der Waals surface area (Å²) in [6.07, 6.45) is 0.811. The Morgan fingerprint density at radius 1 is 1.07 bits per heavy atom. The van der Waals surface area contributed by atoms with Crippen LogP contribution in [0.2, 0.25) is 0 Å². The summed E-state index contributed by atoms with van der Waals surface area (Å²) >= 11 is 0. The number of hydrogen-bond acceptors (Lipinski definition) is 4. The first-order chi connectivity index (χ1) is 14.5. The standard InChI is InChI=1S/C23H22N4O3/c1-12-7-8-17(13(2)11-12)27-22(29)18(21(28)26-23(27)30)20-19-15(9-10-24-20)14-5-3-4-6-16(14)25-19/h3-8,11,20,24-25,29H,9-10H2,1-2H3,(H,26,28,30)/t20-/m1/s1. The second kappa shape index (κ2) is 6.74. The van der Waals surface area contributed by atoms with Gasteiger partial charge < -0.3 is 15.4 Å². The number of aromatic amines is 2. The quantitative estimate of drug-likeness (QED) is 0.414. The summed E-state index contributed by atoms with van der Waals surface area (Å²) in [4.78, 5) is 31.3. The third-order valence-electron chi connectivity index (χ3n) is 5.86. The van der Waals surface area contributed by atoms with E-state index in [1.165, 1.54) is 4.57 Å². The van der Waals surface area contributed by atoms with E-state index < -0.39 is 17.3 Å². The van der Waals surface area contributed by atoms with Gasteiger partial charge >= 0.3 is 5.69 Å². The highest BCUT2D eigenvalue weighted by atomic mass is 16.3. The van der Waals surface area contributed by atoms with E-state index >= 15 is 0 Å². The Balaban J connectivity index is 1.76. The van der Waals surface area contributed by atoms with Crippen LogP contribution in [0.3, 0.4) is 0 Å². The molecule has 0 unspecified atom stereocenters. The molecule has 0 bridgehead atoms. The number of aromatic nitrogens is 3. The van der Waals surface area contributed by atoms with Crippen LogP contribution < -0.4 is 16.6 Å². The Labute approximate surface area is 172 Å². The van der Waals surface area contributed by atoms with Gasteiger partial charge in [0, 0.05) is 23.1 Å². The van der Waals surface area contributed by atoms with E-state index in [0.29, 0.717) is 12.2 Å². The summed E-state index contributed by atoms with van der Waals surface area (Å²) in [6.45, 7) is 4.48. The van der Waals surface area contributed by atoms with Gasteiger partial charge in [0.1, 0.15) is 5.56 Å². The minimum atomic E-state index is -0.666. The molecule has 0 fully saturated rings. The molecule has 5 rings (SSSR count). The molecule has 1 aliphatic rings. The van der Waals surface area contributed by atoms with Crippen molar-refractivity contribution in [3.05, 3.63) is 91.3 Å². The molecule has 7 heteroatoms. The Kier molecular flexibility index (Phi) is 4.15. The van der Waals surface area contributed by atoms with Gasteiger partial charge in [0.05, 0.1) is 11.7 Å². The molecule has 152 valence electrons. The van der Waals surface area contributed by atoms with E-state index in [9.17, 15) is 14.7 Å². The van der Waals surface area contributed by atoms with Gasteiger partial charge in [-0.05, 0) is 43.5 Å². The molecule has 4 N–H and O–H groups in total. The summed E-state index contributed by atoms with van der Waals surface area (Å²) < 4.78 is 1.17. The smallest absolute Gasteiger partial charge is 0.335 e. The molecule has 2 aromatic heterocycles. The fourth-order valence-electron chi connectivity index (χ4n) is 4.51. The molecule has 4 aromatic rings. The van der Waals surface area contributed by atoms with E-state index in [1.807, 2.05) is 50.2 Å². The lowest BCUT2D eigenvalue weighted by Crippen LogP contribution is -2.38. The number of benzene rings is 2. The zero-order chi connectivity index (χ0) is 21.0. The lowest BCUT2D eigenvalue weighted by atomic mass is 9.95. The van der Waals surface area contributed by atoms with Gasteiger partial charge in [-0.15, -0.1) is 0 Å². The number of para-hydroxylation sites is 1. The maximum Gasteiger partial charge on any atom is 0.335 e. The monoisotopic (exact) mass is 402 g/mol. The highest BCUT2D eigenvalue weighted by Gasteiger charge is 2.31. The maximum absolute atomic E-state index is 12.8. The van der Waals surface area contributed by atoms with E-state index in [0.717, 1.165) is 39.7 Å². The fourth-order valence-corrected chi connectivity index (χ4v) is 4.51. The van der Waals surface area contributed by atoms with Crippen molar-refractivity contribution in [3.63, 3.8) is 0 Å². The number of aryl methyl sites for hydroxylation is 2. The molecule has 0 spiro atoms. The third kappa shape index (κ3) is 2.70. The Morgan fingerprint density at radius 3 is 2.67 bits per heavy atom. The summed E-state index contributed by atoms with van der Waals surface area (Å²) in [5, 5.41) is 15.6. The number of aromatic hydroxyl groups is 1. The topological polar surface area (TPSA) is 103 Å². The summed E-state index contributed by atoms with van der Waals surface area (Å²) in [5.74, 6) is -0.347. The zero-order valence-electron chi connectivity index (χ0n) is 16.7. The van der Waals surface area contributed by atoms with Crippen LogP contribution in [-0.4, -0.2) is 26.2 Å². The van der Waals surface area contributed by atoms with Crippen molar-refractivity contribution < 1.29 is 5.11 Å². The number of nitrogens with zero attached hydrogens (tertiary/aromatic N) is 1. The summed E-state index contributed by atoms with van der Waals surface area (Å²) in [7, 11) is 0. The predicted octanol–water partition coefficient (Wildman–Crippen LogP) is 2.56. The Bertz CT molecular complexity index is 1410. The lowest BCUT2D eigenvalue weighted by molar-refractivity contribution is 0.409. The van der Waals surface area contributed by atoms with Crippen molar-refractivity contribution in [1.29, 1.82) is 0 Å². The van der Waals surface area contributed by atoms with Gasteiger partial charge in [-0.2, -0.15) is 0 Å². The van der Waals surface area contributed by atoms with Crippen molar-refractivity contribution in [2.75, 3.05) is 6.54 Å². The third-order valence-corrected chi connectivity index (χ3v) is 5.86. The van der Waals surface area contributed by atoms with E-state index in [1.54, 1.807) is 6.07 Å². The molecule has 0 amide bonds. The molecule has 0 radical (unpaired) electrons. The molecule has 7 nitrogen and oxygen atoms in total. The number of rotatable bonds is 2. The van der Waals surface area contributed by atoms with E-state index in [2.05, 4.69) is 15.3 Å². The minimum absolute atomic E-state index is 0.127. The zero-order valence-corrected chi connectivity index (χ0v) is 16.7. The van der Waals surface area contributed by atoms with E-state index in [-0.39, 0.29) is 11.4 Å². The van der Waals surface area contributed by atoms with Crippen LogP contribution in [0, 0.1) is 13.8 Å². The van der Waals surface area contributed by atoms with Gasteiger partial charge in [-0.3, -0.25) is 9.78 Å². The number of hydrogen-bond donors (Lipinski definition) is 4. The average molecular weight is 402 g/mol. The summed E-state index contributed by atoms with van der Waals surface area (Å²) in [5.41, 5.74) is 4.22. The van der Waals surface area contributed by atoms with Crippen LogP contribution in [0.25, 0.3) is 16.6 Å². The first kappa shape index (κ1) is 18.4. The van der Waals surface area contributed by atoms with Crippen molar-refractivity contribution >= 4 is 10.9 Å². The molecule has 0 saturated heterocycles. The molecule has 1 aliphatic heterocycles. The molecule has 3 heterocycles. The van der Waals surface area contributed by atoms with Crippen LogP contribution in [0.15, 0.2) is 52.1 Å². The Morgan fingerprint density at radius 2 is 1.87 bits per heavy atom. The molecule has 0 aliphatic carbocycles. The van der Waals surface area contributed by atoms with Crippen LogP contribution in [0.1, 0.15) is 34.0 Å². The minimum Gasteiger partial charge on any atom is -0.494 e. The van der Waals surface area contributed by atoms with Crippen LogP contribution in [0.4, 0.5) is 0 Å². The summed E-state index contributed by atoms with van der Waals surface area (Å²) in [6, 6.07) is 13.0. The van der Waals surface area contributed by atoms with E-state index in [4.69, 9.17) is 0 Å². The second-order valence-corrected chi connectivity index (χ2v) is 7.82. The van der Waals surface area contributed by atoms with Crippen molar-refractivity contribution in [2.24, 2.45) is 0 Å². The van der Waals surface area contributed by atoms with Gasteiger partial charge in [-0.25, -0.2) is 9.36 Å². The number of fused-ring (bicyclic) bond motifs is 3. The normalized spacial score (nSPS) is 16.0. The average Bonchev–Trinajstić information content (AvgIpc) is 3.09. The lowest BCUT2D eigenvalue weighted by Gasteiger charge is -2.25. The van der Waals surface area contributed by atoms with Crippen LogP contribution in [-0.2, 0) is 6.42 Å². The van der Waals surface area contributed by atoms with Crippen LogP contribution >= 0.6 is 0 Å². The van der Waals surface area contributed by atoms with Gasteiger partial charge in [0.15, 0.2) is 0 Å². The first-order valence-electron chi connectivity index (χ1n) is 9.94. The molecular weight excluding hydrogens is 380 g/mol. The maximum atomic E-state index is 12.8. The van der Waals surface area contributed by atoms with Crippen molar-refractivity contribution in [1.82, 2.24) is 19.9 Å². The first-order valence-corrected chi connectivity index (χ1v) is 9.94. The SMILES string of the molecule is Cc1ccc(-n2c(O)c([C@H]3NCCc4c3[nH]c3ccccc43)c(=O)[nH]c2=O)c(C)c1. The van der Waals surface area contributed by atoms with Gasteiger partial charge in [0.2, 0.25) is 5.88 Å². The Hall–Kier alpha value is -3.58. The molecular formula is C23H22N4O3. The largest absolute Gasteiger partial charge is 0.494 e.